The lowest BCUT2D eigenvalue weighted by molar-refractivity contribution is -0.215. The van der Waals surface area contributed by atoms with Crippen LogP contribution in [0.3, 0.4) is 0 Å². The second-order valence-corrected chi connectivity index (χ2v) is 11.8. The number of rotatable bonds is 11. The Balaban J connectivity index is 1.41. The Bertz CT molecular complexity index is 1310. The van der Waals surface area contributed by atoms with Gasteiger partial charge in [0, 0.05) is 11.5 Å². The normalized spacial score (nSPS) is 22.4. The molecule has 4 aromatic rings. The molecule has 7 heteroatoms. The van der Waals surface area contributed by atoms with Crippen LogP contribution in [0.15, 0.2) is 121 Å². The maximum Gasteiger partial charge on any atom is 0.338 e. The third-order valence-electron chi connectivity index (χ3n) is 6.59. The molecule has 5 atom stereocenters. The number of hydrogen-bond donors (Lipinski definition) is 1. The predicted octanol–water partition coefficient (Wildman–Crippen LogP) is 6.61. The van der Waals surface area contributed by atoms with Gasteiger partial charge in [0.1, 0.15) is 18.5 Å². The van der Waals surface area contributed by atoms with Crippen molar-refractivity contribution in [3.05, 3.63) is 138 Å². The Morgan fingerprint density at radius 1 is 0.700 bits per heavy atom. The quantitative estimate of drug-likeness (QED) is 0.203. The monoisotopic (exact) mass is 572 g/mol. The first-order valence-electron chi connectivity index (χ1n) is 13.3. The van der Waals surface area contributed by atoms with Gasteiger partial charge in [-0.25, -0.2) is 4.79 Å². The number of carbonyl (C=O) groups excluding carboxylic acids is 1. The van der Waals surface area contributed by atoms with Gasteiger partial charge in [-0.3, -0.25) is 0 Å². The smallest absolute Gasteiger partial charge is 0.338 e. The molecule has 1 aliphatic rings. The highest BCUT2D eigenvalue weighted by Crippen LogP contribution is 2.41. The molecule has 5 rings (SSSR count). The van der Waals surface area contributed by atoms with Crippen molar-refractivity contribution < 1.29 is 24.1 Å². The molecular weight excluding hydrogens is 540 g/mol. The Labute approximate surface area is 243 Å². The number of carbonyl (C=O) groups is 1. The number of aliphatic hydroxyl groups is 1. The van der Waals surface area contributed by atoms with Crippen molar-refractivity contribution in [2.45, 2.75) is 40.5 Å². The molecule has 0 spiro atoms. The minimum Gasteiger partial charge on any atom is -0.491 e. The van der Waals surface area contributed by atoms with E-state index in [0.717, 1.165) is 17.1 Å². The van der Waals surface area contributed by atoms with Gasteiger partial charge in [-0.1, -0.05) is 97.1 Å². The van der Waals surface area contributed by atoms with Crippen molar-refractivity contribution in [3.63, 3.8) is 0 Å². The first-order valence-corrected chi connectivity index (χ1v) is 15.4. The van der Waals surface area contributed by atoms with E-state index in [-0.39, 0.29) is 17.1 Å². The van der Waals surface area contributed by atoms with E-state index in [1.807, 2.05) is 72.8 Å². The third kappa shape index (κ3) is 7.70. The summed E-state index contributed by atoms with van der Waals surface area (Å²) in [5, 5.41) is 10.8. The van der Waals surface area contributed by atoms with E-state index in [9.17, 15) is 9.90 Å². The van der Waals surface area contributed by atoms with Gasteiger partial charge < -0.3 is 19.3 Å². The molecule has 0 saturated carbocycles. The fourth-order valence-electron chi connectivity index (χ4n) is 4.54. The van der Waals surface area contributed by atoms with Crippen LogP contribution >= 0.6 is 23.5 Å². The molecule has 5 nitrogen and oxygen atoms in total. The zero-order valence-corrected chi connectivity index (χ0v) is 23.6. The molecule has 0 aromatic heterocycles. The highest BCUT2D eigenvalue weighted by Gasteiger charge is 2.48. The van der Waals surface area contributed by atoms with Gasteiger partial charge >= 0.3 is 5.97 Å². The molecule has 4 aromatic carbocycles. The zero-order valence-electron chi connectivity index (χ0n) is 22.0. The lowest BCUT2D eigenvalue weighted by Gasteiger charge is -2.44. The lowest BCUT2D eigenvalue weighted by Crippen LogP contribution is -2.58. The molecular formula is C33H32O5S2. The molecule has 0 aliphatic carbocycles. The molecule has 206 valence electrons. The van der Waals surface area contributed by atoms with Gasteiger partial charge in [0.05, 0.1) is 16.1 Å². The average Bonchev–Trinajstić information content (AvgIpc) is 3.01. The number of hydrogen-bond acceptors (Lipinski definition) is 7. The van der Waals surface area contributed by atoms with Crippen LogP contribution < -0.4 is 4.74 Å². The summed E-state index contributed by atoms with van der Waals surface area (Å²) in [6.07, 6.45) is -2.58. The summed E-state index contributed by atoms with van der Waals surface area (Å²) in [4.78, 5) is 13.1. The lowest BCUT2D eigenvalue weighted by atomic mass is 10.0. The van der Waals surface area contributed by atoms with E-state index >= 15 is 0 Å². The fraction of sp³-hybridized carbons (Fsp3) is 0.242. The molecule has 0 bridgehead atoms. The average molecular weight is 573 g/mol. The van der Waals surface area contributed by atoms with Crippen LogP contribution in [0.25, 0.3) is 0 Å². The molecule has 1 fully saturated rings. The van der Waals surface area contributed by atoms with E-state index < -0.39 is 24.5 Å². The number of aliphatic hydroxyl groups excluding tert-OH is 1. The molecule has 1 N–H and O–H groups in total. The minimum atomic E-state index is -1.29. The van der Waals surface area contributed by atoms with E-state index in [1.54, 1.807) is 47.8 Å². The van der Waals surface area contributed by atoms with Crippen molar-refractivity contribution in [1.82, 2.24) is 0 Å². The van der Waals surface area contributed by atoms with Crippen molar-refractivity contribution in [1.29, 1.82) is 0 Å². The predicted molar refractivity (Wildman–Crippen MR) is 162 cm³/mol. The summed E-state index contributed by atoms with van der Waals surface area (Å²) in [7, 11) is 0. The zero-order chi connectivity index (χ0) is 27.6. The van der Waals surface area contributed by atoms with Gasteiger partial charge in [0.25, 0.3) is 0 Å². The summed E-state index contributed by atoms with van der Waals surface area (Å²) in [6, 6.07) is 38.9. The SMILES string of the molecule is O=C(O[C@@H]1[C@H](SCc2ccccc2)[C@@H](SCc2ccccc2)[C@@H](COc2ccccc2)O[C@@H]1O)c1ccccc1. The van der Waals surface area contributed by atoms with Crippen LogP contribution in [-0.2, 0) is 21.0 Å². The molecule has 1 aliphatic heterocycles. The van der Waals surface area contributed by atoms with Crippen LogP contribution in [0, 0.1) is 0 Å². The van der Waals surface area contributed by atoms with Crippen LogP contribution in [-0.4, -0.2) is 46.7 Å². The van der Waals surface area contributed by atoms with Crippen LogP contribution in [0.1, 0.15) is 21.5 Å². The molecule has 1 heterocycles. The van der Waals surface area contributed by atoms with E-state index in [2.05, 4.69) is 24.3 Å². The number of benzene rings is 4. The second-order valence-electron chi connectivity index (χ2n) is 9.45. The summed E-state index contributed by atoms with van der Waals surface area (Å²) >= 11 is 3.41. The Hall–Kier alpha value is -3.23. The molecule has 0 radical (unpaired) electrons. The second kappa shape index (κ2) is 14.4. The maximum atomic E-state index is 13.1. The molecule has 40 heavy (non-hydrogen) atoms. The molecule has 1 saturated heterocycles. The van der Waals surface area contributed by atoms with Crippen molar-refractivity contribution >= 4 is 29.5 Å². The Kier molecular flexibility index (Phi) is 10.2. The van der Waals surface area contributed by atoms with Crippen LogP contribution in [0.5, 0.6) is 5.75 Å². The standard InChI is InChI=1S/C33H32O5S2/c34-32(26-17-9-3-10-18-26)38-29-31(40-23-25-15-7-2-8-16-25)30(39-22-24-13-5-1-6-14-24)28(37-33(29)35)21-36-27-19-11-4-12-20-27/h1-20,28-31,33,35H,21-23H2/t28-,29-,30+,31+,33+/m1/s1. The highest BCUT2D eigenvalue weighted by molar-refractivity contribution is 8.03. The summed E-state index contributed by atoms with van der Waals surface area (Å²) < 4.78 is 18.3. The van der Waals surface area contributed by atoms with Crippen LogP contribution in [0.4, 0.5) is 0 Å². The van der Waals surface area contributed by atoms with E-state index in [4.69, 9.17) is 14.2 Å². The first kappa shape index (κ1) is 28.3. The van der Waals surface area contributed by atoms with Gasteiger partial charge in [-0.15, -0.1) is 23.5 Å². The van der Waals surface area contributed by atoms with Crippen molar-refractivity contribution in [2.24, 2.45) is 0 Å². The van der Waals surface area contributed by atoms with Gasteiger partial charge in [0.2, 0.25) is 0 Å². The fourth-order valence-corrected chi connectivity index (χ4v) is 7.61. The summed E-state index contributed by atoms with van der Waals surface area (Å²) in [5.74, 6) is 1.70. The van der Waals surface area contributed by atoms with E-state index in [0.29, 0.717) is 11.3 Å². The number of esters is 1. The van der Waals surface area contributed by atoms with Crippen molar-refractivity contribution in [2.75, 3.05) is 6.61 Å². The first-order chi connectivity index (χ1) is 19.7. The Morgan fingerprint density at radius 2 is 1.20 bits per heavy atom. The maximum absolute atomic E-state index is 13.1. The third-order valence-corrected chi connectivity index (χ3v) is 9.69. The molecule has 0 unspecified atom stereocenters. The summed E-state index contributed by atoms with van der Waals surface area (Å²) in [6.45, 7) is 0.259. The van der Waals surface area contributed by atoms with Crippen molar-refractivity contribution in [3.8, 4) is 5.75 Å². The van der Waals surface area contributed by atoms with Gasteiger partial charge in [0.15, 0.2) is 12.4 Å². The highest BCUT2D eigenvalue weighted by atomic mass is 32.2. The molecule has 0 amide bonds. The summed E-state index contributed by atoms with van der Waals surface area (Å²) in [5.41, 5.74) is 2.78. The van der Waals surface area contributed by atoms with Crippen LogP contribution in [0.2, 0.25) is 0 Å². The van der Waals surface area contributed by atoms with Gasteiger partial charge in [-0.05, 0) is 35.4 Å². The minimum absolute atomic E-state index is 0.130. The van der Waals surface area contributed by atoms with E-state index in [1.165, 1.54) is 5.56 Å². The topological polar surface area (TPSA) is 65.0 Å². The Morgan fingerprint density at radius 3 is 1.77 bits per heavy atom. The number of thioether (sulfide) groups is 2. The number of para-hydroxylation sites is 1. The number of ether oxygens (including phenoxy) is 3. The van der Waals surface area contributed by atoms with Gasteiger partial charge in [-0.2, -0.15) is 0 Å². The largest absolute Gasteiger partial charge is 0.491 e.